The number of nitrogens with two attached hydrogens (primary N) is 1. The number of aromatic amines is 1. The molecule has 0 spiro atoms. The van der Waals surface area contributed by atoms with E-state index in [1.807, 2.05) is 12.2 Å². The number of aromatic nitrogens is 1. The number of aliphatic hydroxyl groups excluding tert-OH is 2. The van der Waals surface area contributed by atoms with Gasteiger partial charge in [0.15, 0.2) is 0 Å². The number of fused-ring (bicyclic) bond motifs is 1. The van der Waals surface area contributed by atoms with E-state index in [0.29, 0.717) is 55.8 Å². The summed E-state index contributed by atoms with van der Waals surface area (Å²) in [5.74, 6) is 0.149. The number of unbranched alkanes of at least 4 members (excludes halogenated alkanes) is 4. The first-order valence-corrected chi connectivity index (χ1v) is 21.1. The summed E-state index contributed by atoms with van der Waals surface area (Å²) in [6.45, 7) is 9.69. The first-order chi connectivity index (χ1) is 25.4. The van der Waals surface area contributed by atoms with Gasteiger partial charge in [-0.3, -0.25) is 4.79 Å². The maximum Gasteiger partial charge on any atom is 0.309 e. The van der Waals surface area contributed by atoms with Crippen molar-refractivity contribution >= 4 is 5.97 Å². The highest BCUT2D eigenvalue weighted by Crippen LogP contribution is 2.54. The molecule has 1 fully saturated rings. The van der Waals surface area contributed by atoms with E-state index in [9.17, 15) is 25.2 Å². The number of nitrogens with one attached hydrogen (secondary N) is 2. The van der Waals surface area contributed by atoms with E-state index in [1.54, 1.807) is 0 Å². The van der Waals surface area contributed by atoms with E-state index in [-0.39, 0.29) is 29.8 Å². The molecule has 3 aliphatic carbocycles. The van der Waals surface area contributed by atoms with Crippen LogP contribution in [0.25, 0.3) is 0 Å². The Bertz CT molecular complexity index is 1440. The van der Waals surface area contributed by atoms with Gasteiger partial charge in [-0.15, -0.1) is 0 Å². The first-order valence-electron chi connectivity index (χ1n) is 21.1. The molecule has 296 valence electrons. The number of carboxylic acids is 1. The van der Waals surface area contributed by atoms with Gasteiger partial charge >= 0.3 is 5.97 Å². The molecule has 8 nitrogen and oxygen atoms in total. The molecule has 53 heavy (non-hydrogen) atoms. The predicted octanol–water partition coefficient (Wildman–Crippen LogP) is 8.13. The fraction of sp³-hybridized carbons (Fsp3) is 0.711. The molecule has 0 bridgehead atoms. The lowest BCUT2D eigenvalue weighted by atomic mass is 9.68. The Morgan fingerprint density at radius 1 is 1.02 bits per heavy atom. The summed E-state index contributed by atoms with van der Waals surface area (Å²) in [5.41, 5.74) is 8.65. The minimum absolute atomic E-state index is 0.0354. The number of aliphatic hydroxyl groups is 3. The Kier molecular flexibility index (Phi) is 15.0. The molecule has 8 N–H and O–H groups in total. The lowest BCUT2D eigenvalue weighted by Crippen LogP contribution is -2.48. The SMILES string of the molecule is CCCCC[C@@H]1C=C[C@@H](CCCCC[C@H](C(=O)O)[C@H](O)[C@@H]2C=C[C@H]3[C@@H](CC4=CCNC(N)=C4)C[C@@H](Cc4cc([C@H](C)CC(C)C)c[nH]4)[C@@]3(O)C2)[C@H](O)C1. The fourth-order valence-corrected chi connectivity index (χ4v) is 10.3. The van der Waals surface area contributed by atoms with Gasteiger partial charge < -0.3 is 36.5 Å². The highest BCUT2D eigenvalue weighted by Gasteiger charge is 2.56. The summed E-state index contributed by atoms with van der Waals surface area (Å²) in [6.07, 6.45) is 26.8. The van der Waals surface area contributed by atoms with Crippen LogP contribution in [0.15, 0.2) is 60.1 Å². The third kappa shape index (κ3) is 10.9. The van der Waals surface area contributed by atoms with Crippen molar-refractivity contribution in [2.24, 2.45) is 53.1 Å². The van der Waals surface area contributed by atoms with Crippen molar-refractivity contribution < 1.29 is 25.2 Å². The number of carboxylic acid groups (broad SMARTS) is 1. The molecular weight excluding hydrogens is 663 g/mol. The van der Waals surface area contributed by atoms with Crippen LogP contribution in [-0.2, 0) is 11.2 Å². The second kappa shape index (κ2) is 19.2. The number of hydrogen-bond donors (Lipinski definition) is 7. The summed E-state index contributed by atoms with van der Waals surface area (Å²) >= 11 is 0. The smallest absolute Gasteiger partial charge is 0.309 e. The molecule has 1 aliphatic heterocycles. The highest BCUT2D eigenvalue weighted by molar-refractivity contribution is 5.70. The highest BCUT2D eigenvalue weighted by atomic mass is 16.4. The molecule has 11 atom stereocenters. The molecule has 0 saturated heterocycles. The van der Waals surface area contributed by atoms with Crippen LogP contribution in [0.5, 0.6) is 0 Å². The van der Waals surface area contributed by atoms with Gasteiger partial charge in [0.05, 0.1) is 29.5 Å². The van der Waals surface area contributed by atoms with E-state index < -0.39 is 29.5 Å². The number of allylic oxidation sites excluding steroid dienone is 3. The lowest BCUT2D eigenvalue weighted by Gasteiger charge is -2.42. The summed E-state index contributed by atoms with van der Waals surface area (Å²) in [5, 5.41) is 48.6. The van der Waals surface area contributed by atoms with Crippen molar-refractivity contribution in [3.05, 3.63) is 71.4 Å². The van der Waals surface area contributed by atoms with Gasteiger partial charge in [0.1, 0.15) is 0 Å². The van der Waals surface area contributed by atoms with Crippen molar-refractivity contribution in [1.29, 1.82) is 0 Å². The van der Waals surface area contributed by atoms with Gasteiger partial charge in [0.2, 0.25) is 0 Å². The van der Waals surface area contributed by atoms with Crippen LogP contribution < -0.4 is 11.1 Å². The van der Waals surface area contributed by atoms with E-state index in [2.05, 4.69) is 74.6 Å². The first kappa shape index (κ1) is 41.4. The van der Waals surface area contributed by atoms with Gasteiger partial charge in [-0.2, -0.15) is 0 Å². The summed E-state index contributed by atoms with van der Waals surface area (Å²) in [6, 6.07) is 2.26. The van der Waals surface area contributed by atoms with E-state index in [4.69, 9.17) is 5.73 Å². The average Bonchev–Trinajstić information content (AvgIpc) is 3.68. The van der Waals surface area contributed by atoms with Crippen LogP contribution in [0.2, 0.25) is 0 Å². The Hall–Kier alpha value is -2.81. The number of rotatable bonds is 20. The van der Waals surface area contributed by atoms with Gasteiger partial charge in [0, 0.05) is 36.2 Å². The molecule has 8 heteroatoms. The number of aliphatic carboxylic acids is 1. The topological polar surface area (TPSA) is 152 Å². The fourth-order valence-electron chi connectivity index (χ4n) is 10.3. The Labute approximate surface area is 319 Å². The van der Waals surface area contributed by atoms with Crippen molar-refractivity contribution in [2.75, 3.05) is 6.54 Å². The van der Waals surface area contributed by atoms with Gasteiger partial charge in [0.25, 0.3) is 0 Å². The monoisotopic (exact) mass is 734 g/mol. The number of H-pyrrole nitrogens is 1. The quantitative estimate of drug-likeness (QED) is 0.0528. The second-order valence-electron chi connectivity index (χ2n) is 17.8. The summed E-state index contributed by atoms with van der Waals surface area (Å²) in [4.78, 5) is 16.1. The number of carbonyl (C=O) groups is 1. The van der Waals surface area contributed by atoms with Crippen molar-refractivity contribution in [3.63, 3.8) is 0 Å². The molecule has 0 radical (unpaired) electrons. The summed E-state index contributed by atoms with van der Waals surface area (Å²) < 4.78 is 0. The van der Waals surface area contributed by atoms with Crippen LogP contribution in [0.3, 0.4) is 0 Å². The van der Waals surface area contributed by atoms with Crippen molar-refractivity contribution in [3.8, 4) is 0 Å². The second-order valence-corrected chi connectivity index (χ2v) is 17.8. The van der Waals surface area contributed by atoms with Crippen molar-refractivity contribution in [1.82, 2.24) is 10.3 Å². The Balaban J connectivity index is 1.21. The molecule has 0 aromatic carbocycles. The van der Waals surface area contributed by atoms with Gasteiger partial charge in [-0.05, 0) is 111 Å². The zero-order valence-corrected chi connectivity index (χ0v) is 33.1. The third-order valence-corrected chi connectivity index (χ3v) is 13.2. The minimum atomic E-state index is -1.08. The molecular formula is C45H71N3O5. The maximum absolute atomic E-state index is 12.7. The summed E-state index contributed by atoms with van der Waals surface area (Å²) in [7, 11) is 0. The molecule has 0 unspecified atom stereocenters. The van der Waals surface area contributed by atoms with E-state index >= 15 is 0 Å². The van der Waals surface area contributed by atoms with Crippen molar-refractivity contribution in [2.45, 2.75) is 148 Å². The zero-order valence-electron chi connectivity index (χ0n) is 33.1. The maximum atomic E-state index is 12.7. The van der Waals surface area contributed by atoms with E-state index in [1.165, 1.54) is 30.4 Å². The molecule has 5 rings (SSSR count). The Morgan fingerprint density at radius 2 is 1.81 bits per heavy atom. The predicted molar refractivity (Wildman–Crippen MR) is 214 cm³/mol. The van der Waals surface area contributed by atoms with Crippen LogP contribution >= 0.6 is 0 Å². The molecule has 4 aliphatic rings. The van der Waals surface area contributed by atoms with Gasteiger partial charge in [-0.1, -0.05) is 96.6 Å². The van der Waals surface area contributed by atoms with Crippen LogP contribution in [0.1, 0.15) is 135 Å². The molecule has 1 saturated carbocycles. The Morgan fingerprint density at radius 3 is 2.53 bits per heavy atom. The molecule has 0 amide bonds. The van der Waals surface area contributed by atoms with Crippen LogP contribution in [0.4, 0.5) is 0 Å². The van der Waals surface area contributed by atoms with Crippen LogP contribution in [0, 0.1) is 47.3 Å². The number of hydrogen-bond acceptors (Lipinski definition) is 6. The standard InChI is InChI=1S/C45H71N3O5/c1-5-6-8-11-31-14-15-33(41(49)22-31)12-9-7-10-13-39(44(51)52)43(50)34-16-17-40-35(21-32-18-19-47-42(46)23-32)24-37(45(40,53)27-34)26-38-25-36(28-48-38)30(4)20-29(2)3/h14-18,23,25,28-31,33-35,37,39-41,43,47-50,53H,5-13,19-22,24,26-27,46H2,1-4H3,(H,51,52)/t30-,31-,33-,34-,35+,37+,39+,40+,41-,43-,45+/m1/s1. The molecule has 2 heterocycles. The van der Waals surface area contributed by atoms with Gasteiger partial charge in [-0.25, -0.2) is 0 Å². The zero-order chi connectivity index (χ0) is 38.1. The molecule has 1 aromatic heterocycles. The van der Waals surface area contributed by atoms with Crippen LogP contribution in [-0.4, -0.2) is 55.7 Å². The minimum Gasteiger partial charge on any atom is -0.481 e. The molecule has 1 aromatic rings. The van der Waals surface area contributed by atoms with E-state index in [0.717, 1.165) is 57.1 Å². The third-order valence-electron chi connectivity index (χ3n) is 13.2. The lowest BCUT2D eigenvalue weighted by molar-refractivity contribution is -0.148. The number of dihydropyridines is 1. The largest absolute Gasteiger partial charge is 0.481 e. The normalized spacial score (nSPS) is 31.4. The average molecular weight is 734 g/mol.